The molecule has 0 atom stereocenters. The molecule has 1 rings (SSSR count). The molecule has 0 aliphatic heterocycles. The van der Waals surface area contributed by atoms with E-state index >= 15 is 0 Å². The minimum Gasteiger partial charge on any atom is -0.348 e. The monoisotopic (exact) mass is 276 g/mol. The van der Waals surface area contributed by atoms with Crippen LogP contribution in [0.2, 0.25) is 0 Å². The Morgan fingerprint density at radius 2 is 1.60 bits per heavy atom. The Bertz CT molecular complexity index is 447. The van der Waals surface area contributed by atoms with Crippen LogP contribution in [-0.4, -0.2) is 18.4 Å². The third-order valence-electron chi connectivity index (χ3n) is 3.26. The van der Waals surface area contributed by atoms with Crippen LogP contribution in [0, 0.1) is 0 Å². The molecule has 0 heterocycles. The van der Waals surface area contributed by atoms with E-state index in [2.05, 4.69) is 10.6 Å². The van der Waals surface area contributed by atoms with Crippen LogP contribution in [-0.2, 0) is 22.4 Å². The van der Waals surface area contributed by atoms with Gasteiger partial charge in [0.25, 0.3) is 0 Å². The van der Waals surface area contributed by atoms with E-state index in [1.165, 1.54) is 0 Å². The number of nitrogens with one attached hydrogen (secondary N) is 2. The van der Waals surface area contributed by atoms with Crippen LogP contribution < -0.4 is 10.6 Å². The highest BCUT2D eigenvalue weighted by Gasteiger charge is 2.16. The SMILES string of the molecule is CCCCNC(=O)C(=O)Nc1c(CC)cccc1CC. The summed E-state index contributed by atoms with van der Waals surface area (Å²) in [4.78, 5) is 23.6. The van der Waals surface area contributed by atoms with Crippen LogP contribution in [0.5, 0.6) is 0 Å². The fourth-order valence-corrected chi connectivity index (χ4v) is 2.03. The molecule has 0 radical (unpaired) electrons. The minimum absolute atomic E-state index is 0.540. The molecule has 4 nitrogen and oxygen atoms in total. The van der Waals surface area contributed by atoms with Crippen molar-refractivity contribution in [1.82, 2.24) is 5.32 Å². The zero-order valence-corrected chi connectivity index (χ0v) is 12.6. The standard InChI is InChI=1S/C16H24N2O2/c1-4-7-11-17-15(19)16(20)18-14-12(5-2)9-8-10-13(14)6-3/h8-10H,4-7,11H2,1-3H3,(H,17,19)(H,18,20). The Morgan fingerprint density at radius 1 is 1.00 bits per heavy atom. The van der Waals surface area contributed by atoms with Crippen LogP contribution >= 0.6 is 0 Å². The smallest absolute Gasteiger partial charge is 0.313 e. The molecule has 0 aromatic heterocycles. The van der Waals surface area contributed by atoms with Crippen LogP contribution in [0.25, 0.3) is 0 Å². The van der Waals surface area contributed by atoms with Gasteiger partial charge in [0.1, 0.15) is 0 Å². The molecule has 1 aromatic rings. The Balaban J connectivity index is 2.77. The number of aryl methyl sites for hydroxylation is 2. The van der Waals surface area contributed by atoms with E-state index in [1.807, 2.05) is 39.0 Å². The van der Waals surface area contributed by atoms with Gasteiger partial charge in [0.2, 0.25) is 0 Å². The Labute approximate surface area is 121 Å². The van der Waals surface area contributed by atoms with Gasteiger partial charge in [-0.3, -0.25) is 9.59 Å². The second kappa shape index (κ2) is 8.35. The van der Waals surface area contributed by atoms with Gasteiger partial charge in [-0.25, -0.2) is 0 Å². The van der Waals surface area contributed by atoms with Crippen LogP contribution in [0.15, 0.2) is 18.2 Å². The van der Waals surface area contributed by atoms with Crippen molar-refractivity contribution >= 4 is 17.5 Å². The summed E-state index contributed by atoms with van der Waals surface area (Å²) in [6.45, 7) is 6.65. The molecule has 0 fully saturated rings. The lowest BCUT2D eigenvalue weighted by Gasteiger charge is -2.14. The maximum Gasteiger partial charge on any atom is 0.313 e. The van der Waals surface area contributed by atoms with Crippen molar-refractivity contribution in [3.63, 3.8) is 0 Å². The molecular weight excluding hydrogens is 252 g/mol. The van der Waals surface area contributed by atoms with Crippen LogP contribution in [0.3, 0.4) is 0 Å². The van der Waals surface area contributed by atoms with Crippen molar-refractivity contribution in [2.75, 3.05) is 11.9 Å². The Kier molecular flexibility index (Phi) is 6.77. The second-order valence-corrected chi connectivity index (χ2v) is 4.72. The zero-order chi connectivity index (χ0) is 15.0. The molecule has 0 spiro atoms. The number of unbranched alkanes of at least 4 members (excludes halogenated alkanes) is 1. The predicted molar refractivity (Wildman–Crippen MR) is 81.7 cm³/mol. The molecule has 2 amide bonds. The fraction of sp³-hybridized carbons (Fsp3) is 0.500. The Morgan fingerprint density at radius 3 is 2.10 bits per heavy atom. The second-order valence-electron chi connectivity index (χ2n) is 4.72. The van der Waals surface area contributed by atoms with Gasteiger partial charge in [0, 0.05) is 12.2 Å². The van der Waals surface area contributed by atoms with Crippen molar-refractivity contribution in [2.45, 2.75) is 46.5 Å². The van der Waals surface area contributed by atoms with E-state index < -0.39 is 11.8 Å². The van der Waals surface area contributed by atoms with E-state index in [0.29, 0.717) is 6.54 Å². The maximum atomic E-state index is 11.9. The summed E-state index contributed by atoms with van der Waals surface area (Å²) < 4.78 is 0. The third kappa shape index (κ3) is 4.37. The van der Waals surface area contributed by atoms with Gasteiger partial charge in [-0.15, -0.1) is 0 Å². The highest BCUT2D eigenvalue weighted by atomic mass is 16.2. The van der Waals surface area contributed by atoms with Gasteiger partial charge in [-0.1, -0.05) is 45.4 Å². The number of anilines is 1. The molecule has 110 valence electrons. The van der Waals surface area contributed by atoms with E-state index in [4.69, 9.17) is 0 Å². The van der Waals surface area contributed by atoms with Gasteiger partial charge >= 0.3 is 11.8 Å². The van der Waals surface area contributed by atoms with E-state index in [9.17, 15) is 9.59 Å². The Hall–Kier alpha value is -1.84. The highest BCUT2D eigenvalue weighted by molar-refractivity contribution is 6.39. The van der Waals surface area contributed by atoms with Crippen molar-refractivity contribution in [1.29, 1.82) is 0 Å². The number of amides is 2. The zero-order valence-electron chi connectivity index (χ0n) is 12.6. The molecule has 4 heteroatoms. The average molecular weight is 276 g/mol. The number of hydrogen-bond donors (Lipinski definition) is 2. The number of para-hydroxylation sites is 1. The summed E-state index contributed by atoms with van der Waals surface area (Å²) in [6, 6.07) is 5.93. The van der Waals surface area contributed by atoms with Crippen molar-refractivity contribution in [3.05, 3.63) is 29.3 Å². The quantitative estimate of drug-likeness (QED) is 0.620. The molecule has 1 aromatic carbocycles. The summed E-state index contributed by atoms with van der Waals surface area (Å²) in [6.07, 6.45) is 3.51. The summed E-state index contributed by atoms with van der Waals surface area (Å²) in [5.74, 6) is -1.15. The summed E-state index contributed by atoms with van der Waals surface area (Å²) in [7, 11) is 0. The van der Waals surface area contributed by atoms with E-state index in [0.717, 1.165) is 42.5 Å². The van der Waals surface area contributed by atoms with Crippen LogP contribution in [0.1, 0.15) is 44.7 Å². The molecular formula is C16H24N2O2. The topological polar surface area (TPSA) is 58.2 Å². The van der Waals surface area contributed by atoms with Crippen molar-refractivity contribution in [2.24, 2.45) is 0 Å². The maximum absolute atomic E-state index is 11.9. The number of hydrogen-bond acceptors (Lipinski definition) is 2. The van der Waals surface area contributed by atoms with Gasteiger partial charge < -0.3 is 10.6 Å². The highest BCUT2D eigenvalue weighted by Crippen LogP contribution is 2.22. The molecule has 0 unspecified atom stereocenters. The summed E-state index contributed by atoms with van der Waals surface area (Å²) >= 11 is 0. The molecule has 0 saturated carbocycles. The van der Waals surface area contributed by atoms with Gasteiger partial charge in [0.05, 0.1) is 0 Å². The first-order valence-corrected chi connectivity index (χ1v) is 7.33. The summed E-state index contributed by atoms with van der Waals surface area (Å²) in [5, 5.41) is 5.38. The minimum atomic E-state index is -0.586. The lowest BCUT2D eigenvalue weighted by atomic mass is 10.0. The fourth-order valence-electron chi connectivity index (χ4n) is 2.03. The number of benzene rings is 1. The molecule has 2 N–H and O–H groups in total. The van der Waals surface area contributed by atoms with E-state index in [1.54, 1.807) is 0 Å². The first kappa shape index (κ1) is 16.2. The predicted octanol–water partition coefficient (Wildman–Crippen LogP) is 2.67. The third-order valence-corrected chi connectivity index (χ3v) is 3.26. The normalized spacial score (nSPS) is 10.2. The largest absolute Gasteiger partial charge is 0.348 e. The summed E-state index contributed by atoms with van der Waals surface area (Å²) in [5.41, 5.74) is 2.89. The molecule has 0 aliphatic rings. The van der Waals surface area contributed by atoms with Gasteiger partial charge in [-0.2, -0.15) is 0 Å². The molecule has 0 aliphatic carbocycles. The van der Waals surface area contributed by atoms with Crippen molar-refractivity contribution < 1.29 is 9.59 Å². The lowest BCUT2D eigenvalue weighted by molar-refractivity contribution is -0.136. The number of carbonyl (C=O) groups excluding carboxylic acids is 2. The number of carbonyl (C=O) groups is 2. The van der Waals surface area contributed by atoms with Crippen molar-refractivity contribution in [3.8, 4) is 0 Å². The first-order chi connectivity index (χ1) is 9.63. The molecule has 0 saturated heterocycles. The lowest BCUT2D eigenvalue weighted by Crippen LogP contribution is -2.36. The van der Waals surface area contributed by atoms with E-state index in [-0.39, 0.29) is 0 Å². The average Bonchev–Trinajstić information content (AvgIpc) is 2.47. The first-order valence-electron chi connectivity index (χ1n) is 7.33. The molecule has 20 heavy (non-hydrogen) atoms. The van der Waals surface area contributed by atoms with Crippen LogP contribution in [0.4, 0.5) is 5.69 Å². The number of rotatable bonds is 6. The molecule has 0 bridgehead atoms. The van der Waals surface area contributed by atoms with Gasteiger partial charge in [0.15, 0.2) is 0 Å². The van der Waals surface area contributed by atoms with Gasteiger partial charge in [-0.05, 0) is 30.4 Å².